The molecule has 2 aliphatic heterocycles. The second-order valence-corrected chi connectivity index (χ2v) is 6.32. The van der Waals surface area contributed by atoms with E-state index in [0.717, 1.165) is 30.8 Å². The molecule has 0 bridgehead atoms. The van der Waals surface area contributed by atoms with Gasteiger partial charge in [0.25, 0.3) is 0 Å². The first kappa shape index (κ1) is 15.3. The average Bonchev–Trinajstić information content (AvgIpc) is 3.14. The Morgan fingerprint density at radius 2 is 2.14 bits per heavy atom. The minimum atomic E-state index is 0.320. The van der Waals surface area contributed by atoms with Crippen LogP contribution in [-0.4, -0.2) is 37.1 Å². The van der Waals surface area contributed by atoms with Crippen molar-refractivity contribution < 1.29 is 14.3 Å². The lowest BCUT2D eigenvalue weighted by Gasteiger charge is -2.21. The maximum atomic E-state index is 11.0. The number of carbonyl (C=O) groups is 1. The third-order valence-corrected chi connectivity index (χ3v) is 4.85. The summed E-state index contributed by atoms with van der Waals surface area (Å²) in [5.41, 5.74) is 1.30. The maximum Gasteiger partial charge on any atom is 0.231 e. The minimum absolute atomic E-state index is 0.320. The van der Waals surface area contributed by atoms with E-state index in [1.165, 1.54) is 31.2 Å². The number of hydrogen-bond donors (Lipinski definition) is 0. The molecule has 0 amide bonds. The third-order valence-electron chi connectivity index (χ3n) is 4.85. The molecule has 0 aromatic heterocycles. The summed E-state index contributed by atoms with van der Waals surface area (Å²) in [6, 6.07) is 6.80. The minimum Gasteiger partial charge on any atom is -0.454 e. The molecule has 1 aromatic rings. The first-order valence-electron chi connectivity index (χ1n) is 8.39. The summed E-state index contributed by atoms with van der Waals surface area (Å²) in [6.45, 7) is 4.07. The molecule has 0 aliphatic carbocycles. The predicted molar refractivity (Wildman–Crippen MR) is 85.5 cm³/mol. The summed E-state index contributed by atoms with van der Waals surface area (Å²) < 4.78 is 10.9. The van der Waals surface area contributed by atoms with Crippen molar-refractivity contribution in [1.82, 2.24) is 4.90 Å². The molecule has 2 atom stereocenters. The average molecular weight is 303 g/mol. The molecular weight excluding hydrogens is 278 g/mol. The molecule has 2 heterocycles. The summed E-state index contributed by atoms with van der Waals surface area (Å²) in [5.74, 6) is 2.18. The summed E-state index contributed by atoms with van der Waals surface area (Å²) >= 11 is 0. The second kappa shape index (κ2) is 7.14. The van der Waals surface area contributed by atoms with Crippen molar-refractivity contribution in [2.75, 3.05) is 19.9 Å². The SMILES string of the molecule is CCCCCC1CC(c2ccc3c(c2)OCO3)CN1CC=O. The fourth-order valence-corrected chi connectivity index (χ4v) is 3.64. The molecule has 2 unspecified atom stereocenters. The van der Waals surface area contributed by atoms with Gasteiger partial charge in [0.2, 0.25) is 6.79 Å². The zero-order valence-electron chi connectivity index (χ0n) is 13.3. The Labute approximate surface area is 132 Å². The molecule has 22 heavy (non-hydrogen) atoms. The fourth-order valence-electron chi connectivity index (χ4n) is 3.64. The first-order chi connectivity index (χ1) is 10.8. The van der Waals surface area contributed by atoms with Crippen LogP contribution in [0, 0.1) is 0 Å². The number of likely N-dealkylation sites (tertiary alicyclic amines) is 1. The highest BCUT2D eigenvalue weighted by Gasteiger charge is 2.32. The van der Waals surface area contributed by atoms with Gasteiger partial charge >= 0.3 is 0 Å². The number of nitrogens with zero attached hydrogens (tertiary/aromatic N) is 1. The van der Waals surface area contributed by atoms with Crippen LogP contribution >= 0.6 is 0 Å². The Morgan fingerprint density at radius 3 is 2.95 bits per heavy atom. The zero-order valence-corrected chi connectivity index (χ0v) is 13.3. The van der Waals surface area contributed by atoms with Gasteiger partial charge in [0, 0.05) is 12.6 Å². The van der Waals surface area contributed by atoms with Crippen molar-refractivity contribution in [3.8, 4) is 11.5 Å². The number of benzene rings is 1. The summed E-state index contributed by atoms with van der Waals surface area (Å²) in [7, 11) is 0. The molecule has 0 saturated carbocycles. The number of hydrogen-bond acceptors (Lipinski definition) is 4. The van der Waals surface area contributed by atoms with Crippen molar-refractivity contribution in [2.45, 2.75) is 51.0 Å². The van der Waals surface area contributed by atoms with Gasteiger partial charge in [-0.1, -0.05) is 32.3 Å². The maximum absolute atomic E-state index is 11.0. The van der Waals surface area contributed by atoms with Crippen molar-refractivity contribution >= 4 is 6.29 Å². The van der Waals surface area contributed by atoms with E-state index in [-0.39, 0.29) is 0 Å². The molecule has 3 rings (SSSR count). The van der Waals surface area contributed by atoms with E-state index in [0.29, 0.717) is 25.3 Å². The number of unbranched alkanes of at least 4 members (excludes halogenated alkanes) is 2. The van der Waals surface area contributed by atoms with E-state index in [4.69, 9.17) is 9.47 Å². The van der Waals surface area contributed by atoms with Gasteiger partial charge in [-0.2, -0.15) is 0 Å². The number of fused-ring (bicyclic) bond motifs is 1. The van der Waals surface area contributed by atoms with Gasteiger partial charge in [-0.15, -0.1) is 0 Å². The van der Waals surface area contributed by atoms with Crippen LogP contribution in [0.25, 0.3) is 0 Å². The quantitative estimate of drug-likeness (QED) is 0.572. The van der Waals surface area contributed by atoms with Crippen molar-refractivity contribution in [1.29, 1.82) is 0 Å². The van der Waals surface area contributed by atoms with Gasteiger partial charge in [-0.25, -0.2) is 0 Å². The normalized spacial score (nSPS) is 23.9. The van der Waals surface area contributed by atoms with Gasteiger partial charge in [0.1, 0.15) is 6.29 Å². The van der Waals surface area contributed by atoms with Crippen LogP contribution in [0.1, 0.15) is 50.5 Å². The van der Waals surface area contributed by atoms with Crippen LogP contribution in [0.15, 0.2) is 18.2 Å². The van der Waals surface area contributed by atoms with Crippen molar-refractivity contribution in [3.05, 3.63) is 23.8 Å². The smallest absolute Gasteiger partial charge is 0.231 e. The van der Waals surface area contributed by atoms with Gasteiger partial charge in [0.15, 0.2) is 11.5 Å². The van der Waals surface area contributed by atoms with Crippen LogP contribution in [0.2, 0.25) is 0 Å². The monoisotopic (exact) mass is 303 g/mol. The molecule has 1 aromatic carbocycles. The lowest BCUT2D eigenvalue weighted by molar-refractivity contribution is -0.109. The van der Waals surface area contributed by atoms with E-state index in [1.807, 2.05) is 6.07 Å². The predicted octanol–water partition coefficient (Wildman–Crippen LogP) is 3.35. The van der Waals surface area contributed by atoms with Crippen LogP contribution in [-0.2, 0) is 4.79 Å². The first-order valence-corrected chi connectivity index (χ1v) is 8.39. The Bertz CT molecular complexity index is 517. The highest BCUT2D eigenvalue weighted by atomic mass is 16.7. The molecule has 0 spiro atoms. The molecule has 4 heteroatoms. The Balaban J connectivity index is 1.68. The Kier molecular flexibility index (Phi) is 4.98. The fraction of sp³-hybridized carbons (Fsp3) is 0.611. The summed E-state index contributed by atoms with van der Waals surface area (Å²) in [6.07, 6.45) is 7.14. The van der Waals surface area contributed by atoms with E-state index >= 15 is 0 Å². The molecule has 0 N–H and O–H groups in total. The molecule has 0 radical (unpaired) electrons. The van der Waals surface area contributed by atoms with Gasteiger partial charge in [-0.3, -0.25) is 4.90 Å². The number of ether oxygens (including phenoxy) is 2. The highest BCUT2D eigenvalue weighted by molar-refractivity contribution is 5.52. The Hall–Kier alpha value is -1.55. The molecule has 1 fully saturated rings. The molecule has 4 nitrogen and oxygen atoms in total. The molecule has 120 valence electrons. The van der Waals surface area contributed by atoms with Gasteiger partial charge < -0.3 is 14.3 Å². The number of carbonyl (C=O) groups excluding carboxylic acids is 1. The summed E-state index contributed by atoms with van der Waals surface area (Å²) in [5, 5.41) is 0. The van der Waals surface area contributed by atoms with Crippen molar-refractivity contribution in [2.24, 2.45) is 0 Å². The van der Waals surface area contributed by atoms with Crippen LogP contribution in [0.5, 0.6) is 11.5 Å². The number of aldehydes is 1. The lowest BCUT2D eigenvalue weighted by atomic mass is 9.94. The molecular formula is C18H25NO3. The number of rotatable bonds is 7. The topological polar surface area (TPSA) is 38.8 Å². The lowest BCUT2D eigenvalue weighted by Crippen LogP contribution is -2.31. The van der Waals surface area contributed by atoms with E-state index < -0.39 is 0 Å². The van der Waals surface area contributed by atoms with Crippen LogP contribution < -0.4 is 9.47 Å². The summed E-state index contributed by atoms with van der Waals surface area (Å²) in [4.78, 5) is 13.3. The van der Waals surface area contributed by atoms with E-state index in [9.17, 15) is 4.79 Å². The van der Waals surface area contributed by atoms with Gasteiger partial charge in [-0.05, 0) is 36.5 Å². The van der Waals surface area contributed by atoms with Crippen LogP contribution in [0.3, 0.4) is 0 Å². The highest BCUT2D eigenvalue weighted by Crippen LogP contribution is 2.39. The molecule has 1 saturated heterocycles. The van der Waals surface area contributed by atoms with Crippen LogP contribution in [0.4, 0.5) is 0 Å². The van der Waals surface area contributed by atoms with E-state index in [1.54, 1.807) is 0 Å². The third kappa shape index (κ3) is 3.27. The standard InChI is InChI=1S/C18H25NO3/c1-2-3-4-5-16-10-15(12-19(16)8-9-20)14-6-7-17-18(11-14)22-13-21-17/h6-7,9,11,15-16H,2-5,8,10,12-13H2,1H3. The molecule has 2 aliphatic rings. The van der Waals surface area contributed by atoms with Gasteiger partial charge in [0.05, 0.1) is 6.54 Å². The Morgan fingerprint density at radius 1 is 1.27 bits per heavy atom. The largest absolute Gasteiger partial charge is 0.454 e. The second-order valence-electron chi connectivity index (χ2n) is 6.32. The van der Waals surface area contributed by atoms with E-state index in [2.05, 4.69) is 24.0 Å². The van der Waals surface area contributed by atoms with Crippen molar-refractivity contribution in [3.63, 3.8) is 0 Å². The zero-order chi connectivity index (χ0) is 15.4.